The fourth-order valence-corrected chi connectivity index (χ4v) is 1.79. The average Bonchev–Trinajstić information content (AvgIpc) is 2.31. The van der Waals surface area contributed by atoms with Crippen molar-refractivity contribution in [1.82, 2.24) is 4.98 Å². The Kier molecular flexibility index (Phi) is 2.91. The van der Waals surface area contributed by atoms with Crippen molar-refractivity contribution in [3.05, 3.63) is 47.2 Å². The van der Waals surface area contributed by atoms with Crippen molar-refractivity contribution in [2.24, 2.45) is 0 Å². The molecule has 1 aromatic heterocycles. The van der Waals surface area contributed by atoms with Crippen LogP contribution in [0.1, 0.15) is 16.7 Å². The van der Waals surface area contributed by atoms with E-state index in [1.54, 1.807) is 12.3 Å². The minimum atomic E-state index is -0.946. The molecule has 0 atom stereocenters. The number of nitrogens with zero attached hydrogens (tertiary/aromatic N) is 1. The second-order valence-corrected chi connectivity index (χ2v) is 3.98. The maximum absolute atomic E-state index is 10.5. The quantitative estimate of drug-likeness (QED) is 0.802. The molecule has 0 amide bonds. The number of hydrogen-bond donors (Lipinski definition) is 1. The van der Waals surface area contributed by atoms with E-state index in [2.05, 4.69) is 4.98 Å². The molecule has 2 rings (SSSR count). The molecule has 0 spiro atoms. The van der Waals surface area contributed by atoms with Crippen molar-refractivity contribution in [2.45, 2.75) is 13.8 Å². The van der Waals surface area contributed by atoms with Gasteiger partial charge in [-0.05, 0) is 42.7 Å². The lowest BCUT2D eigenvalue weighted by molar-refractivity contribution is -0.131. The second kappa shape index (κ2) is 4.37. The van der Waals surface area contributed by atoms with Crippen molar-refractivity contribution in [3.63, 3.8) is 0 Å². The molecule has 0 fully saturated rings. The van der Waals surface area contributed by atoms with E-state index >= 15 is 0 Å². The lowest BCUT2D eigenvalue weighted by Crippen LogP contribution is -1.90. The Morgan fingerprint density at radius 1 is 1.29 bits per heavy atom. The molecule has 1 N–H and O–H groups in total. The molecule has 3 nitrogen and oxygen atoms in total. The zero-order valence-electron chi connectivity index (χ0n) is 9.77. The number of benzene rings is 1. The number of hydrogen-bond acceptors (Lipinski definition) is 2. The van der Waals surface area contributed by atoms with Crippen LogP contribution >= 0.6 is 0 Å². The van der Waals surface area contributed by atoms with E-state index in [1.165, 1.54) is 5.56 Å². The number of pyridine rings is 1. The second-order valence-electron chi connectivity index (χ2n) is 3.98. The fourth-order valence-electron chi connectivity index (χ4n) is 1.79. The van der Waals surface area contributed by atoms with E-state index in [1.807, 2.05) is 32.0 Å². The van der Waals surface area contributed by atoms with E-state index in [0.29, 0.717) is 0 Å². The molecule has 0 bridgehead atoms. The van der Waals surface area contributed by atoms with Gasteiger partial charge in [-0.1, -0.05) is 12.1 Å². The highest BCUT2D eigenvalue weighted by Gasteiger charge is 2.04. The van der Waals surface area contributed by atoms with Crippen LogP contribution in [-0.2, 0) is 4.79 Å². The summed E-state index contributed by atoms with van der Waals surface area (Å²) in [5, 5.41) is 9.62. The van der Waals surface area contributed by atoms with Gasteiger partial charge in [0.25, 0.3) is 0 Å². The summed E-state index contributed by atoms with van der Waals surface area (Å²) < 4.78 is 0. The third-order valence-electron chi connectivity index (χ3n) is 2.88. The number of carbonyl (C=O) groups is 1. The maximum atomic E-state index is 10.5. The zero-order chi connectivity index (χ0) is 12.4. The Balaban J connectivity index is 2.66. The molecule has 0 saturated carbocycles. The monoisotopic (exact) mass is 227 g/mol. The van der Waals surface area contributed by atoms with Gasteiger partial charge in [0.1, 0.15) is 0 Å². The van der Waals surface area contributed by atoms with E-state index in [-0.39, 0.29) is 0 Å². The van der Waals surface area contributed by atoms with E-state index in [4.69, 9.17) is 5.11 Å². The smallest absolute Gasteiger partial charge is 0.328 e. The molecule has 0 aliphatic rings. The third-order valence-corrected chi connectivity index (χ3v) is 2.88. The Morgan fingerprint density at radius 3 is 2.76 bits per heavy atom. The molecule has 1 aromatic carbocycles. The number of aliphatic carboxylic acids is 1. The Labute approximate surface area is 99.4 Å². The molecule has 1 heterocycles. The lowest BCUT2D eigenvalue weighted by Gasteiger charge is -2.06. The van der Waals surface area contributed by atoms with Gasteiger partial charge in [0.2, 0.25) is 0 Å². The van der Waals surface area contributed by atoms with Gasteiger partial charge in [-0.15, -0.1) is 0 Å². The summed E-state index contributed by atoms with van der Waals surface area (Å²) in [4.78, 5) is 14.9. The number of rotatable bonds is 2. The summed E-state index contributed by atoms with van der Waals surface area (Å²) in [5.41, 5.74) is 4.12. The predicted molar refractivity (Wildman–Crippen MR) is 67.9 cm³/mol. The number of aryl methyl sites for hydroxylation is 2. The molecular weight excluding hydrogens is 214 g/mol. The Morgan fingerprint density at radius 2 is 2.06 bits per heavy atom. The number of aromatic nitrogens is 1. The molecule has 0 unspecified atom stereocenters. The molecule has 2 aromatic rings. The summed E-state index contributed by atoms with van der Waals surface area (Å²) in [7, 11) is 0. The molecule has 0 radical (unpaired) electrons. The van der Waals surface area contributed by atoms with Crippen molar-refractivity contribution >= 4 is 22.9 Å². The van der Waals surface area contributed by atoms with Gasteiger partial charge in [-0.25, -0.2) is 4.79 Å². The first-order chi connectivity index (χ1) is 8.09. The van der Waals surface area contributed by atoms with Gasteiger partial charge in [-0.3, -0.25) is 4.98 Å². The highest BCUT2D eigenvalue weighted by atomic mass is 16.4. The summed E-state index contributed by atoms with van der Waals surface area (Å²) in [6.45, 7) is 4.06. The van der Waals surface area contributed by atoms with Gasteiger partial charge in [-0.2, -0.15) is 0 Å². The topological polar surface area (TPSA) is 50.2 Å². The first-order valence-corrected chi connectivity index (χ1v) is 5.35. The lowest BCUT2D eigenvalue weighted by atomic mass is 10.0. The largest absolute Gasteiger partial charge is 0.478 e. The van der Waals surface area contributed by atoms with E-state index in [0.717, 1.165) is 28.1 Å². The molecule has 0 saturated heterocycles. The molecular formula is C14H13NO2. The zero-order valence-corrected chi connectivity index (χ0v) is 9.77. The van der Waals surface area contributed by atoms with Crippen LogP contribution in [0.4, 0.5) is 0 Å². The molecule has 0 aliphatic heterocycles. The Hall–Kier alpha value is -2.16. The van der Waals surface area contributed by atoms with Crippen molar-refractivity contribution in [2.75, 3.05) is 0 Å². The minimum Gasteiger partial charge on any atom is -0.478 e. The van der Waals surface area contributed by atoms with Crippen molar-refractivity contribution in [1.29, 1.82) is 0 Å². The summed E-state index contributed by atoms with van der Waals surface area (Å²) in [6.07, 6.45) is 4.45. The van der Waals surface area contributed by atoms with Gasteiger partial charge in [0, 0.05) is 17.7 Å². The maximum Gasteiger partial charge on any atom is 0.328 e. The van der Waals surface area contributed by atoms with Crippen LogP contribution < -0.4 is 0 Å². The number of carboxylic acids is 1. The first kappa shape index (κ1) is 11.3. The van der Waals surface area contributed by atoms with Crippen LogP contribution in [0.5, 0.6) is 0 Å². The van der Waals surface area contributed by atoms with Crippen molar-refractivity contribution < 1.29 is 9.90 Å². The molecule has 0 aliphatic carbocycles. The minimum absolute atomic E-state index is 0.875. The van der Waals surface area contributed by atoms with Crippen LogP contribution in [0, 0.1) is 13.8 Å². The van der Waals surface area contributed by atoms with Crippen molar-refractivity contribution in [3.8, 4) is 0 Å². The Bertz CT molecular complexity index is 615. The van der Waals surface area contributed by atoms with Crippen LogP contribution in [0.3, 0.4) is 0 Å². The number of carboxylic acid groups (broad SMARTS) is 1. The molecule has 3 heteroatoms. The summed E-state index contributed by atoms with van der Waals surface area (Å²) in [5.74, 6) is -0.946. The molecule has 17 heavy (non-hydrogen) atoms. The normalized spacial score (nSPS) is 11.2. The fraction of sp³-hybridized carbons (Fsp3) is 0.143. The van der Waals surface area contributed by atoms with Gasteiger partial charge in [0.15, 0.2) is 0 Å². The highest BCUT2D eigenvalue weighted by Crippen LogP contribution is 2.23. The first-order valence-electron chi connectivity index (χ1n) is 5.35. The van der Waals surface area contributed by atoms with Gasteiger partial charge in [0.05, 0.1) is 5.52 Å². The van der Waals surface area contributed by atoms with Crippen LogP contribution in [-0.4, -0.2) is 16.1 Å². The SMILES string of the molecule is Cc1ccc2c(/C=C/C(=O)O)ccnc2c1C. The summed E-state index contributed by atoms with van der Waals surface area (Å²) >= 11 is 0. The number of fused-ring (bicyclic) bond motifs is 1. The van der Waals surface area contributed by atoms with Gasteiger partial charge >= 0.3 is 5.97 Å². The summed E-state index contributed by atoms with van der Waals surface area (Å²) in [6, 6.07) is 5.82. The average molecular weight is 227 g/mol. The van der Waals surface area contributed by atoms with Crippen LogP contribution in [0.25, 0.3) is 17.0 Å². The highest BCUT2D eigenvalue weighted by molar-refractivity contribution is 5.94. The van der Waals surface area contributed by atoms with Crippen LogP contribution in [0.2, 0.25) is 0 Å². The third kappa shape index (κ3) is 2.18. The van der Waals surface area contributed by atoms with Gasteiger partial charge < -0.3 is 5.11 Å². The van der Waals surface area contributed by atoms with Crippen LogP contribution in [0.15, 0.2) is 30.5 Å². The standard InChI is InChI=1S/C14H13NO2/c1-9-3-5-12-11(4-6-13(16)17)7-8-15-14(12)10(9)2/h3-8H,1-2H3,(H,16,17)/b6-4+. The molecule has 86 valence electrons. The van der Waals surface area contributed by atoms with E-state index < -0.39 is 5.97 Å². The predicted octanol–water partition coefficient (Wildman–Crippen LogP) is 2.95. The van der Waals surface area contributed by atoms with E-state index in [9.17, 15) is 4.79 Å².